The molecule has 0 aliphatic rings. The smallest absolute Gasteiger partial charge is 0.0641 e. The fourth-order valence-electron chi connectivity index (χ4n) is 1.90. The molecule has 4 nitrogen and oxygen atoms in total. The van der Waals surface area contributed by atoms with Crippen LogP contribution < -0.4 is 10.2 Å². The van der Waals surface area contributed by atoms with Crippen LogP contribution in [0.25, 0.3) is 0 Å². The number of hydrogen-bond donors (Lipinski definition) is 1. The summed E-state index contributed by atoms with van der Waals surface area (Å²) in [5.74, 6) is 0. The van der Waals surface area contributed by atoms with Gasteiger partial charge in [-0.15, -0.1) is 0 Å². The molecule has 0 aliphatic carbocycles. The van der Waals surface area contributed by atoms with Crippen molar-refractivity contribution in [2.75, 3.05) is 52.0 Å². The summed E-state index contributed by atoms with van der Waals surface area (Å²) in [7, 11) is 3.82. The van der Waals surface area contributed by atoms with Crippen molar-refractivity contribution < 1.29 is 9.47 Å². The van der Waals surface area contributed by atoms with Gasteiger partial charge < -0.3 is 19.7 Å². The monoisotopic (exact) mass is 266 g/mol. The highest BCUT2D eigenvalue weighted by molar-refractivity contribution is 5.52. The number of hydrogen-bond acceptors (Lipinski definition) is 4. The number of nitrogens with zero attached hydrogens (tertiary/aromatic N) is 1. The minimum atomic E-state index is 0.738. The van der Waals surface area contributed by atoms with Crippen LogP contribution in [-0.2, 0) is 16.0 Å². The molecule has 0 radical (unpaired) electrons. The van der Waals surface area contributed by atoms with Gasteiger partial charge in [0.1, 0.15) is 0 Å². The number of para-hydroxylation sites is 1. The first-order valence-corrected chi connectivity index (χ1v) is 6.86. The van der Waals surface area contributed by atoms with E-state index in [4.69, 9.17) is 9.47 Å². The third-order valence-corrected chi connectivity index (χ3v) is 2.98. The zero-order valence-electron chi connectivity index (χ0n) is 12.3. The van der Waals surface area contributed by atoms with E-state index in [1.807, 2.05) is 6.92 Å². The van der Waals surface area contributed by atoms with E-state index < -0.39 is 0 Å². The van der Waals surface area contributed by atoms with Gasteiger partial charge in [-0.3, -0.25) is 0 Å². The fourth-order valence-corrected chi connectivity index (χ4v) is 1.90. The van der Waals surface area contributed by atoms with Crippen molar-refractivity contribution in [3.63, 3.8) is 0 Å². The molecule has 0 saturated carbocycles. The van der Waals surface area contributed by atoms with E-state index >= 15 is 0 Å². The summed E-state index contributed by atoms with van der Waals surface area (Å²) in [5.41, 5.74) is 2.56. The second-order valence-corrected chi connectivity index (χ2v) is 4.42. The number of nitrogens with one attached hydrogen (secondary N) is 1. The van der Waals surface area contributed by atoms with Crippen LogP contribution in [0, 0.1) is 0 Å². The fraction of sp³-hybridized carbons (Fsp3) is 0.600. The van der Waals surface area contributed by atoms with E-state index in [2.05, 4.69) is 41.5 Å². The molecule has 0 spiro atoms. The number of anilines is 1. The Morgan fingerprint density at radius 2 is 2.00 bits per heavy atom. The third kappa shape index (κ3) is 6.05. The standard InChI is InChI=1S/C15H26N2O2/c1-4-19-12-10-17(2)15-8-6-5-7-14(15)13-16-9-11-18-3/h5-8,16H,4,9-13H2,1-3H3. The molecule has 0 heterocycles. The van der Waals surface area contributed by atoms with E-state index in [0.29, 0.717) is 0 Å². The largest absolute Gasteiger partial charge is 0.383 e. The summed E-state index contributed by atoms with van der Waals surface area (Å²) in [6.45, 7) is 6.93. The first-order valence-electron chi connectivity index (χ1n) is 6.86. The van der Waals surface area contributed by atoms with E-state index in [0.717, 1.165) is 39.5 Å². The van der Waals surface area contributed by atoms with Crippen LogP contribution in [0.4, 0.5) is 5.69 Å². The summed E-state index contributed by atoms with van der Waals surface area (Å²) in [5, 5.41) is 3.38. The summed E-state index contributed by atoms with van der Waals surface area (Å²) >= 11 is 0. The molecule has 0 amide bonds. The maximum atomic E-state index is 5.40. The molecule has 0 aliphatic heterocycles. The van der Waals surface area contributed by atoms with Crippen LogP contribution in [-0.4, -0.2) is 47.1 Å². The molecule has 1 aromatic rings. The molecule has 1 N–H and O–H groups in total. The van der Waals surface area contributed by atoms with E-state index in [-0.39, 0.29) is 0 Å². The summed E-state index contributed by atoms with van der Waals surface area (Å²) in [6, 6.07) is 8.46. The second kappa shape index (κ2) is 9.78. The Morgan fingerprint density at radius 3 is 2.74 bits per heavy atom. The van der Waals surface area contributed by atoms with Gasteiger partial charge in [0.2, 0.25) is 0 Å². The maximum absolute atomic E-state index is 5.40. The van der Waals surface area contributed by atoms with Gasteiger partial charge in [-0.1, -0.05) is 18.2 Å². The Hall–Kier alpha value is -1.10. The van der Waals surface area contributed by atoms with E-state index in [1.54, 1.807) is 7.11 Å². The Bertz CT molecular complexity index is 345. The summed E-state index contributed by atoms with van der Waals surface area (Å²) in [4.78, 5) is 2.24. The lowest BCUT2D eigenvalue weighted by atomic mass is 10.1. The molecule has 4 heteroatoms. The number of ether oxygens (including phenoxy) is 2. The van der Waals surface area contributed by atoms with Crippen LogP contribution in [0.5, 0.6) is 0 Å². The van der Waals surface area contributed by atoms with Crippen LogP contribution in [0.15, 0.2) is 24.3 Å². The Balaban J connectivity index is 2.51. The van der Waals surface area contributed by atoms with Crippen molar-refractivity contribution in [3.05, 3.63) is 29.8 Å². The molecule has 0 atom stereocenters. The van der Waals surface area contributed by atoms with Gasteiger partial charge in [-0.2, -0.15) is 0 Å². The average Bonchev–Trinajstić information content (AvgIpc) is 2.44. The van der Waals surface area contributed by atoms with E-state index in [9.17, 15) is 0 Å². The molecule has 108 valence electrons. The van der Waals surface area contributed by atoms with Gasteiger partial charge in [0, 0.05) is 46.1 Å². The quantitative estimate of drug-likeness (QED) is 0.656. The highest BCUT2D eigenvalue weighted by Gasteiger charge is 2.06. The van der Waals surface area contributed by atoms with Crippen molar-refractivity contribution in [2.24, 2.45) is 0 Å². The van der Waals surface area contributed by atoms with Crippen LogP contribution in [0.1, 0.15) is 12.5 Å². The first-order chi connectivity index (χ1) is 9.29. The lowest BCUT2D eigenvalue weighted by Gasteiger charge is -2.22. The highest BCUT2D eigenvalue weighted by atomic mass is 16.5. The predicted octanol–water partition coefficient (Wildman–Crippen LogP) is 1.90. The summed E-state index contributed by atoms with van der Waals surface area (Å²) < 4.78 is 10.4. The maximum Gasteiger partial charge on any atom is 0.0641 e. The topological polar surface area (TPSA) is 33.7 Å². The van der Waals surface area contributed by atoms with Crippen LogP contribution in [0.2, 0.25) is 0 Å². The molecule has 19 heavy (non-hydrogen) atoms. The Labute approximate surface area is 116 Å². The molecule has 1 rings (SSSR count). The van der Waals surface area contributed by atoms with Gasteiger partial charge in [0.05, 0.1) is 13.2 Å². The summed E-state index contributed by atoms with van der Waals surface area (Å²) in [6.07, 6.45) is 0. The molecule has 0 fully saturated rings. The first kappa shape index (κ1) is 16.0. The van der Waals surface area contributed by atoms with Crippen LogP contribution >= 0.6 is 0 Å². The predicted molar refractivity (Wildman–Crippen MR) is 79.8 cm³/mol. The van der Waals surface area contributed by atoms with Gasteiger partial charge >= 0.3 is 0 Å². The lowest BCUT2D eigenvalue weighted by Crippen LogP contribution is -2.25. The highest BCUT2D eigenvalue weighted by Crippen LogP contribution is 2.18. The minimum absolute atomic E-state index is 0.738. The minimum Gasteiger partial charge on any atom is -0.383 e. The zero-order chi connectivity index (χ0) is 13.9. The van der Waals surface area contributed by atoms with Crippen molar-refractivity contribution >= 4 is 5.69 Å². The molecular formula is C15H26N2O2. The Morgan fingerprint density at radius 1 is 1.21 bits per heavy atom. The second-order valence-electron chi connectivity index (χ2n) is 4.42. The van der Waals surface area contributed by atoms with E-state index in [1.165, 1.54) is 11.3 Å². The molecule has 0 aromatic heterocycles. The molecule has 0 saturated heterocycles. The molecule has 0 bridgehead atoms. The average molecular weight is 266 g/mol. The molecular weight excluding hydrogens is 240 g/mol. The van der Waals surface area contributed by atoms with Gasteiger partial charge in [-0.25, -0.2) is 0 Å². The molecule has 0 unspecified atom stereocenters. The number of benzene rings is 1. The molecule has 1 aromatic carbocycles. The SMILES string of the molecule is CCOCCN(C)c1ccccc1CNCCOC. The van der Waals surface area contributed by atoms with Gasteiger partial charge in [-0.05, 0) is 18.6 Å². The van der Waals surface area contributed by atoms with Crippen molar-refractivity contribution in [1.82, 2.24) is 5.32 Å². The van der Waals surface area contributed by atoms with Crippen molar-refractivity contribution in [1.29, 1.82) is 0 Å². The lowest BCUT2D eigenvalue weighted by molar-refractivity contribution is 0.154. The van der Waals surface area contributed by atoms with Gasteiger partial charge in [0.15, 0.2) is 0 Å². The normalized spacial score (nSPS) is 10.7. The number of rotatable bonds is 10. The van der Waals surface area contributed by atoms with Crippen molar-refractivity contribution in [3.8, 4) is 0 Å². The van der Waals surface area contributed by atoms with Crippen molar-refractivity contribution in [2.45, 2.75) is 13.5 Å². The Kier molecular flexibility index (Phi) is 8.21. The number of methoxy groups -OCH3 is 1. The van der Waals surface area contributed by atoms with Crippen LogP contribution in [0.3, 0.4) is 0 Å². The number of likely N-dealkylation sites (N-methyl/N-ethyl adjacent to an activating group) is 1. The zero-order valence-corrected chi connectivity index (χ0v) is 12.3. The third-order valence-electron chi connectivity index (χ3n) is 2.98. The van der Waals surface area contributed by atoms with Gasteiger partial charge in [0.25, 0.3) is 0 Å².